The molecule has 3 rings (SSSR count). The van der Waals surface area contributed by atoms with Gasteiger partial charge in [-0.15, -0.1) is 0 Å². The van der Waals surface area contributed by atoms with Crippen LogP contribution in [0.3, 0.4) is 0 Å². The lowest BCUT2D eigenvalue weighted by Gasteiger charge is -2.12. The highest BCUT2D eigenvalue weighted by molar-refractivity contribution is 5.97. The smallest absolute Gasteiger partial charge is 0.129 e. The normalized spacial score (nSPS) is 14.0. The van der Waals surface area contributed by atoms with Crippen LogP contribution in [0, 0.1) is 5.82 Å². The van der Waals surface area contributed by atoms with Gasteiger partial charge in [-0.05, 0) is 42.5 Å². The van der Waals surface area contributed by atoms with Crippen molar-refractivity contribution in [1.82, 2.24) is 0 Å². The van der Waals surface area contributed by atoms with Gasteiger partial charge in [-0.2, -0.15) is 5.10 Å². The number of hydrazone groups is 1. The monoisotopic (exact) mass is 285 g/mol. The van der Waals surface area contributed by atoms with Crippen LogP contribution in [0.2, 0.25) is 0 Å². The molecule has 1 N–H and O–H groups in total. The van der Waals surface area contributed by atoms with Crippen molar-refractivity contribution in [3.05, 3.63) is 54.3 Å². The van der Waals surface area contributed by atoms with Gasteiger partial charge in [0.25, 0.3) is 0 Å². The molecule has 0 radical (unpaired) electrons. The molecule has 0 fully saturated rings. The fraction of sp³-hybridized carbons (Fsp3) is 0.188. The zero-order valence-electron chi connectivity index (χ0n) is 11.7. The van der Waals surface area contributed by atoms with Crippen molar-refractivity contribution >= 4 is 17.2 Å². The molecule has 4 nitrogen and oxygen atoms in total. The highest BCUT2D eigenvalue weighted by Crippen LogP contribution is 2.21. The summed E-state index contributed by atoms with van der Waals surface area (Å²) in [6.07, 6.45) is 0.794. The van der Waals surface area contributed by atoms with E-state index in [0.29, 0.717) is 0 Å². The average Bonchev–Trinajstić information content (AvgIpc) is 2.97. The van der Waals surface area contributed by atoms with Gasteiger partial charge in [0.05, 0.1) is 12.8 Å². The Morgan fingerprint density at radius 3 is 2.71 bits per heavy atom. The van der Waals surface area contributed by atoms with Gasteiger partial charge in [0.2, 0.25) is 0 Å². The third kappa shape index (κ3) is 3.13. The number of hydrogen-bond acceptors (Lipinski definition) is 4. The number of amidine groups is 1. The molecule has 0 saturated heterocycles. The molecule has 1 aliphatic rings. The van der Waals surface area contributed by atoms with Gasteiger partial charge in [0, 0.05) is 18.7 Å². The van der Waals surface area contributed by atoms with Crippen molar-refractivity contribution in [2.45, 2.75) is 6.42 Å². The maximum absolute atomic E-state index is 13.2. The van der Waals surface area contributed by atoms with E-state index in [2.05, 4.69) is 10.4 Å². The molecule has 1 aliphatic heterocycles. The van der Waals surface area contributed by atoms with Crippen LogP contribution < -0.4 is 15.1 Å². The van der Waals surface area contributed by atoms with E-state index in [1.165, 1.54) is 12.1 Å². The molecule has 0 amide bonds. The number of nitrogens with one attached hydrogen (secondary N) is 1. The molecule has 108 valence electrons. The second-order valence-electron chi connectivity index (χ2n) is 4.75. The molecular formula is C16H16FN3O. The molecule has 1 heterocycles. The molecule has 0 atom stereocenters. The Labute approximate surface area is 122 Å². The maximum Gasteiger partial charge on any atom is 0.129 e. The number of halogens is 1. The van der Waals surface area contributed by atoms with Crippen molar-refractivity contribution in [2.75, 3.05) is 24.0 Å². The maximum atomic E-state index is 13.2. The summed E-state index contributed by atoms with van der Waals surface area (Å²) in [5.41, 5.74) is 1.72. The summed E-state index contributed by atoms with van der Waals surface area (Å²) >= 11 is 0. The third-order valence-electron chi connectivity index (χ3n) is 3.29. The quantitative estimate of drug-likeness (QED) is 0.938. The first kappa shape index (κ1) is 13.4. The number of rotatable bonds is 3. The second-order valence-corrected chi connectivity index (χ2v) is 4.75. The first-order valence-electron chi connectivity index (χ1n) is 6.76. The van der Waals surface area contributed by atoms with Gasteiger partial charge >= 0.3 is 0 Å². The zero-order chi connectivity index (χ0) is 14.7. The van der Waals surface area contributed by atoms with E-state index in [9.17, 15) is 4.39 Å². The minimum absolute atomic E-state index is 0.251. The SMILES string of the molecule is COc1ccc(NC2=NN(c3cccc(F)c3)CC2)cc1. The van der Waals surface area contributed by atoms with E-state index in [1.54, 1.807) is 18.2 Å². The molecule has 0 aliphatic carbocycles. The Bertz CT molecular complexity index is 655. The molecule has 0 saturated carbocycles. The molecular weight excluding hydrogens is 269 g/mol. The minimum atomic E-state index is -0.251. The van der Waals surface area contributed by atoms with E-state index >= 15 is 0 Å². The zero-order valence-corrected chi connectivity index (χ0v) is 11.7. The summed E-state index contributed by atoms with van der Waals surface area (Å²) in [5.74, 6) is 1.43. The summed E-state index contributed by atoms with van der Waals surface area (Å²) in [5, 5.41) is 9.54. The fourth-order valence-electron chi connectivity index (χ4n) is 2.21. The van der Waals surface area contributed by atoms with Crippen LogP contribution in [0.4, 0.5) is 15.8 Å². The number of nitrogens with zero attached hydrogens (tertiary/aromatic N) is 2. The lowest BCUT2D eigenvalue weighted by molar-refractivity contribution is 0.415. The van der Waals surface area contributed by atoms with E-state index in [0.717, 1.165) is 35.9 Å². The Hall–Kier alpha value is -2.56. The number of methoxy groups -OCH3 is 1. The number of hydrogen-bond donors (Lipinski definition) is 1. The molecule has 5 heteroatoms. The standard InChI is InChI=1S/C16H16FN3O/c1-21-15-7-5-13(6-8-15)18-16-9-10-20(19-16)14-4-2-3-12(17)11-14/h2-8,11H,9-10H2,1H3,(H,18,19). The third-order valence-corrected chi connectivity index (χ3v) is 3.29. The Morgan fingerprint density at radius 2 is 2.00 bits per heavy atom. The summed E-state index contributed by atoms with van der Waals surface area (Å²) in [7, 11) is 1.64. The van der Waals surface area contributed by atoms with E-state index < -0.39 is 0 Å². The summed E-state index contributed by atoms with van der Waals surface area (Å²) in [4.78, 5) is 0. The van der Waals surface area contributed by atoms with Crippen LogP contribution >= 0.6 is 0 Å². The van der Waals surface area contributed by atoms with Crippen molar-refractivity contribution in [3.63, 3.8) is 0 Å². The van der Waals surface area contributed by atoms with E-state index in [1.807, 2.05) is 30.3 Å². The van der Waals surface area contributed by atoms with Gasteiger partial charge in [-0.3, -0.25) is 5.01 Å². The predicted molar refractivity (Wildman–Crippen MR) is 82.4 cm³/mol. The first-order chi connectivity index (χ1) is 10.2. The van der Waals surface area contributed by atoms with E-state index in [-0.39, 0.29) is 5.82 Å². The van der Waals surface area contributed by atoms with Crippen LogP contribution in [0.15, 0.2) is 53.6 Å². The largest absolute Gasteiger partial charge is 0.497 e. The molecule has 21 heavy (non-hydrogen) atoms. The molecule has 0 spiro atoms. The highest BCUT2D eigenvalue weighted by atomic mass is 19.1. The molecule has 2 aromatic rings. The van der Waals surface area contributed by atoms with Gasteiger partial charge in [-0.1, -0.05) is 6.07 Å². The Balaban J connectivity index is 1.70. The predicted octanol–water partition coefficient (Wildman–Crippen LogP) is 3.47. The Kier molecular flexibility index (Phi) is 3.73. The lowest BCUT2D eigenvalue weighted by Crippen LogP contribution is -2.11. The van der Waals surface area contributed by atoms with Gasteiger partial charge in [-0.25, -0.2) is 4.39 Å². The summed E-state index contributed by atoms with van der Waals surface area (Å²) in [6.45, 7) is 0.738. The molecule has 0 bridgehead atoms. The second kappa shape index (κ2) is 5.83. The van der Waals surface area contributed by atoms with Crippen LogP contribution in [-0.2, 0) is 0 Å². The molecule has 0 unspecified atom stereocenters. The van der Waals surface area contributed by atoms with Crippen molar-refractivity contribution in [1.29, 1.82) is 0 Å². The van der Waals surface area contributed by atoms with Crippen LogP contribution in [0.1, 0.15) is 6.42 Å². The average molecular weight is 285 g/mol. The van der Waals surface area contributed by atoms with Crippen LogP contribution in [0.25, 0.3) is 0 Å². The molecule has 2 aromatic carbocycles. The number of anilines is 2. The lowest BCUT2D eigenvalue weighted by atomic mass is 10.3. The minimum Gasteiger partial charge on any atom is -0.497 e. The van der Waals surface area contributed by atoms with Crippen LogP contribution in [0.5, 0.6) is 5.75 Å². The fourth-order valence-corrected chi connectivity index (χ4v) is 2.21. The topological polar surface area (TPSA) is 36.9 Å². The molecule has 0 aromatic heterocycles. The summed E-state index contributed by atoms with van der Waals surface area (Å²) < 4.78 is 18.4. The van der Waals surface area contributed by atoms with Crippen molar-refractivity contribution < 1.29 is 9.13 Å². The summed E-state index contributed by atoms with van der Waals surface area (Å²) in [6, 6.07) is 14.1. The Morgan fingerprint density at radius 1 is 1.19 bits per heavy atom. The highest BCUT2D eigenvalue weighted by Gasteiger charge is 2.16. The van der Waals surface area contributed by atoms with Crippen LogP contribution in [-0.4, -0.2) is 19.5 Å². The number of ether oxygens (including phenoxy) is 1. The van der Waals surface area contributed by atoms with E-state index in [4.69, 9.17) is 4.74 Å². The van der Waals surface area contributed by atoms with Gasteiger partial charge in [0.1, 0.15) is 17.4 Å². The van der Waals surface area contributed by atoms with Gasteiger partial charge < -0.3 is 10.1 Å². The van der Waals surface area contributed by atoms with Crippen molar-refractivity contribution in [2.24, 2.45) is 5.10 Å². The van der Waals surface area contributed by atoms with Gasteiger partial charge in [0.15, 0.2) is 0 Å². The first-order valence-corrected chi connectivity index (χ1v) is 6.76. The van der Waals surface area contributed by atoms with Crippen molar-refractivity contribution in [3.8, 4) is 5.75 Å². The number of benzene rings is 2.